The van der Waals surface area contributed by atoms with Gasteiger partial charge in [-0.15, -0.1) is 0 Å². The van der Waals surface area contributed by atoms with Crippen LogP contribution in [0.15, 0.2) is 24.3 Å². The summed E-state index contributed by atoms with van der Waals surface area (Å²) < 4.78 is 5.72. The molecule has 0 saturated carbocycles. The zero-order chi connectivity index (χ0) is 12.5. The number of benzene rings is 1. The van der Waals surface area contributed by atoms with Crippen molar-refractivity contribution < 1.29 is 9.84 Å². The van der Waals surface area contributed by atoms with Crippen molar-refractivity contribution in [2.45, 2.75) is 32.7 Å². The maximum atomic E-state index is 8.98. The van der Waals surface area contributed by atoms with Crippen LogP contribution in [-0.2, 0) is 0 Å². The van der Waals surface area contributed by atoms with Crippen LogP contribution in [0.2, 0.25) is 0 Å². The van der Waals surface area contributed by atoms with Crippen molar-refractivity contribution in [3.63, 3.8) is 0 Å². The Hall–Kier alpha value is -1.06. The monoisotopic (exact) mass is 237 g/mol. The van der Waals surface area contributed by atoms with Crippen LogP contribution >= 0.6 is 0 Å². The van der Waals surface area contributed by atoms with Gasteiger partial charge < -0.3 is 15.2 Å². The molecule has 1 unspecified atom stereocenters. The third-order valence-corrected chi connectivity index (χ3v) is 2.60. The molecular weight excluding hydrogens is 214 g/mol. The molecule has 0 heterocycles. The van der Waals surface area contributed by atoms with Crippen molar-refractivity contribution in [2.24, 2.45) is 0 Å². The maximum absolute atomic E-state index is 8.98. The smallest absolute Gasteiger partial charge is 0.119 e. The number of rotatable bonds is 8. The Morgan fingerprint density at radius 2 is 2.24 bits per heavy atom. The minimum Gasteiger partial charge on any atom is -0.492 e. The van der Waals surface area contributed by atoms with Crippen LogP contribution in [0.25, 0.3) is 0 Å². The maximum Gasteiger partial charge on any atom is 0.119 e. The standard InChI is InChI=1S/C14H23NO2/c1-3-8-15-13(7-9-16)11-17-14-6-4-5-12(2)10-14/h4-6,10,13,15-16H,3,7-9,11H2,1-2H3. The largest absolute Gasteiger partial charge is 0.492 e. The zero-order valence-electron chi connectivity index (χ0n) is 10.8. The Morgan fingerprint density at radius 3 is 2.88 bits per heavy atom. The van der Waals surface area contributed by atoms with Crippen molar-refractivity contribution in [3.05, 3.63) is 29.8 Å². The minimum atomic E-state index is 0.193. The third-order valence-electron chi connectivity index (χ3n) is 2.60. The van der Waals surface area contributed by atoms with E-state index in [1.807, 2.05) is 31.2 Å². The van der Waals surface area contributed by atoms with Gasteiger partial charge in [0.05, 0.1) is 0 Å². The molecule has 3 nitrogen and oxygen atoms in total. The Morgan fingerprint density at radius 1 is 1.41 bits per heavy atom. The molecule has 17 heavy (non-hydrogen) atoms. The second-order valence-corrected chi connectivity index (χ2v) is 4.29. The summed E-state index contributed by atoms with van der Waals surface area (Å²) in [6.45, 7) is 5.93. The summed E-state index contributed by atoms with van der Waals surface area (Å²) in [4.78, 5) is 0. The van der Waals surface area contributed by atoms with E-state index in [9.17, 15) is 0 Å². The summed E-state index contributed by atoms with van der Waals surface area (Å²) >= 11 is 0. The number of aliphatic hydroxyl groups is 1. The number of aryl methyl sites for hydroxylation is 1. The van der Waals surface area contributed by atoms with Crippen LogP contribution in [0.1, 0.15) is 25.3 Å². The number of hydrogen-bond donors (Lipinski definition) is 2. The molecular formula is C14H23NO2. The van der Waals surface area contributed by atoms with Gasteiger partial charge in [-0.05, 0) is 44.0 Å². The van der Waals surface area contributed by atoms with Gasteiger partial charge in [0, 0.05) is 12.6 Å². The molecule has 0 spiro atoms. The van der Waals surface area contributed by atoms with Gasteiger partial charge in [-0.3, -0.25) is 0 Å². The molecule has 1 aromatic rings. The molecule has 1 atom stereocenters. The lowest BCUT2D eigenvalue weighted by Crippen LogP contribution is -2.36. The van der Waals surface area contributed by atoms with Crippen LogP contribution < -0.4 is 10.1 Å². The molecule has 0 bridgehead atoms. The van der Waals surface area contributed by atoms with E-state index in [1.54, 1.807) is 0 Å². The quantitative estimate of drug-likeness (QED) is 0.727. The second kappa shape index (κ2) is 8.09. The fourth-order valence-corrected chi connectivity index (χ4v) is 1.65. The fraction of sp³-hybridized carbons (Fsp3) is 0.571. The lowest BCUT2D eigenvalue weighted by Gasteiger charge is -2.18. The van der Waals surface area contributed by atoms with E-state index in [2.05, 4.69) is 12.2 Å². The molecule has 96 valence electrons. The summed E-state index contributed by atoms with van der Waals surface area (Å²) in [6, 6.07) is 8.25. The van der Waals surface area contributed by atoms with Crippen LogP contribution in [0.5, 0.6) is 5.75 Å². The van der Waals surface area contributed by atoms with Crippen LogP contribution in [0, 0.1) is 6.92 Å². The summed E-state index contributed by atoms with van der Waals surface area (Å²) in [5, 5.41) is 12.4. The Balaban J connectivity index is 2.39. The first kappa shape index (κ1) is 14.0. The highest BCUT2D eigenvalue weighted by atomic mass is 16.5. The normalized spacial score (nSPS) is 12.4. The summed E-state index contributed by atoms with van der Waals surface area (Å²) in [5.41, 5.74) is 1.20. The van der Waals surface area contributed by atoms with E-state index in [0.29, 0.717) is 6.61 Å². The molecule has 0 aromatic heterocycles. The number of hydrogen-bond acceptors (Lipinski definition) is 3. The Bertz CT molecular complexity index is 315. The SMILES string of the molecule is CCCNC(CCO)COc1cccc(C)c1. The van der Waals surface area contributed by atoms with E-state index in [1.165, 1.54) is 5.56 Å². The lowest BCUT2D eigenvalue weighted by atomic mass is 10.2. The van der Waals surface area contributed by atoms with Crippen LogP contribution in [-0.4, -0.2) is 30.9 Å². The van der Waals surface area contributed by atoms with Gasteiger partial charge in [0.25, 0.3) is 0 Å². The first-order chi connectivity index (χ1) is 8.26. The average molecular weight is 237 g/mol. The van der Waals surface area contributed by atoms with Gasteiger partial charge in [0.1, 0.15) is 12.4 Å². The molecule has 2 N–H and O–H groups in total. The van der Waals surface area contributed by atoms with Gasteiger partial charge in [0.2, 0.25) is 0 Å². The summed E-state index contributed by atoms with van der Waals surface area (Å²) in [5.74, 6) is 0.895. The molecule has 0 fully saturated rings. The molecule has 0 amide bonds. The van der Waals surface area contributed by atoms with Crippen molar-refractivity contribution in [1.82, 2.24) is 5.32 Å². The predicted molar refractivity (Wildman–Crippen MR) is 70.5 cm³/mol. The van der Waals surface area contributed by atoms with Crippen molar-refractivity contribution in [1.29, 1.82) is 0 Å². The van der Waals surface area contributed by atoms with E-state index in [4.69, 9.17) is 9.84 Å². The molecule has 0 aliphatic heterocycles. The van der Waals surface area contributed by atoms with E-state index >= 15 is 0 Å². The van der Waals surface area contributed by atoms with Gasteiger partial charge in [0.15, 0.2) is 0 Å². The van der Waals surface area contributed by atoms with Gasteiger partial charge in [-0.1, -0.05) is 19.1 Å². The van der Waals surface area contributed by atoms with E-state index in [-0.39, 0.29) is 12.6 Å². The van der Waals surface area contributed by atoms with Crippen molar-refractivity contribution >= 4 is 0 Å². The Kier molecular flexibility index (Phi) is 6.67. The predicted octanol–water partition coefficient (Wildman–Crippen LogP) is 2.12. The highest BCUT2D eigenvalue weighted by molar-refractivity contribution is 5.27. The fourth-order valence-electron chi connectivity index (χ4n) is 1.65. The first-order valence-corrected chi connectivity index (χ1v) is 6.30. The summed E-state index contributed by atoms with van der Waals surface area (Å²) in [6.07, 6.45) is 1.82. The molecule has 0 saturated heterocycles. The van der Waals surface area contributed by atoms with Crippen molar-refractivity contribution in [3.8, 4) is 5.75 Å². The Labute approximate surface area is 104 Å². The molecule has 0 radical (unpaired) electrons. The van der Waals surface area contributed by atoms with Crippen molar-refractivity contribution in [2.75, 3.05) is 19.8 Å². The molecule has 0 aliphatic rings. The molecule has 0 aliphatic carbocycles. The van der Waals surface area contributed by atoms with Gasteiger partial charge in [-0.2, -0.15) is 0 Å². The number of aliphatic hydroxyl groups excluding tert-OH is 1. The van der Waals surface area contributed by atoms with E-state index < -0.39 is 0 Å². The third kappa shape index (κ3) is 5.71. The molecule has 1 aromatic carbocycles. The number of ether oxygens (including phenoxy) is 1. The highest BCUT2D eigenvalue weighted by Crippen LogP contribution is 2.12. The first-order valence-electron chi connectivity index (χ1n) is 6.30. The molecule has 3 heteroatoms. The van der Waals surface area contributed by atoms with Crippen LogP contribution in [0.3, 0.4) is 0 Å². The summed E-state index contributed by atoms with van der Waals surface area (Å²) in [7, 11) is 0. The minimum absolute atomic E-state index is 0.193. The topological polar surface area (TPSA) is 41.5 Å². The zero-order valence-corrected chi connectivity index (χ0v) is 10.8. The second-order valence-electron chi connectivity index (χ2n) is 4.29. The van der Waals surface area contributed by atoms with E-state index in [0.717, 1.165) is 25.1 Å². The molecule has 1 rings (SSSR count). The number of nitrogens with one attached hydrogen (secondary N) is 1. The average Bonchev–Trinajstić information content (AvgIpc) is 2.33. The van der Waals surface area contributed by atoms with Crippen LogP contribution in [0.4, 0.5) is 0 Å². The highest BCUT2D eigenvalue weighted by Gasteiger charge is 2.07. The van der Waals surface area contributed by atoms with Gasteiger partial charge >= 0.3 is 0 Å². The van der Waals surface area contributed by atoms with Gasteiger partial charge in [-0.25, -0.2) is 0 Å². The lowest BCUT2D eigenvalue weighted by molar-refractivity contribution is 0.214.